The molecule has 0 saturated carbocycles. The van der Waals surface area contributed by atoms with Crippen LogP contribution in [0.2, 0.25) is 0 Å². The van der Waals surface area contributed by atoms with Crippen LogP contribution in [-0.2, 0) is 19.1 Å². The van der Waals surface area contributed by atoms with Crippen molar-refractivity contribution in [2.75, 3.05) is 18.4 Å². The second-order valence-electron chi connectivity index (χ2n) is 9.59. The number of nitrogens with one attached hydrogen (secondary N) is 2. The summed E-state index contributed by atoms with van der Waals surface area (Å²) in [5, 5.41) is 9.93. The second kappa shape index (κ2) is 12.6. The fourth-order valence-corrected chi connectivity index (χ4v) is 4.55. The minimum absolute atomic E-state index is 0.0119. The number of alkyl halides is 6. The van der Waals surface area contributed by atoms with Gasteiger partial charge in [-0.15, -0.1) is 0 Å². The van der Waals surface area contributed by atoms with Crippen LogP contribution in [0.4, 0.5) is 32.0 Å². The number of primary amides is 2. The molecule has 1 aliphatic rings. The Morgan fingerprint density at radius 2 is 1.82 bits per heavy atom. The number of esters is 2. The van der Waals surface area contributed by atoms with Crippen molar-refractivity contribution < 1.29 is 50.3 Å². The molecule has 2 heterocycles. The summed E-state index contributed by atoms with van der Waals surface area (Å²) in [6, 6.07) is 5.05. The summed E-state index contributed by atoms with van der Waals surface area (Å²) in [6.45, 7) is -0.233. The van der Waals surface area contributed by atoms with Crippen molar-refractivity contribution >= 4 is 46.3 Å². The number of fused-ring (bicyclic) bond motifs is 1. The number of aromatic nitrogens is 2. The maximum absolute atomic E-state index is 13.5. The number of ether oxygens (including phenoxy) is 1. The third-order valence-electron chi connectivity index (χ3n) is 6.54. The smallest absolute Gasteiger partial charge is 0.386 e. The predicted octanol–water partition coefficient (Wildman–Crippen LogP) is 2.61. The average Bonchev–Trinajstić information content (AvgIpc) is 3.37. The van der Waals surface area contributed by atoms with E-state index in [0.717, 1.165) is 22.9 Å². The lowest BCUT2D eigenvalue weighted by atomic mass is 9.87. The number of halogens is 6. The first kappa shape index (κ1) is 31.8. The average molecular weight is 628 g/mol. The zero-order valence-corrected chi connectivity index (χ0v) is 22.3. The van der Waals surface area contributed by atoms with E-state index in [1.54, 1.807) is 0 Å². The van der Waals surface area contributed by atoms with Crippen molar-refractivity contribution in [3.8, 4) is 0 Å². The van der Waals surface area contributed by atoms with Crippen LogP contribution in [0, 0.1) is 0 Å². The van der Waals surface area contributed by atoms with E-state index >= 15 is 0 Å². The summed E-state index contributed by atoms with van der Waals surface area (Å²) in [5.74, 6) is -8.21. The lowest BCUT2D eigenvalue weighted by Crippen LogP contribution is -2.41. The van der Waals surface area contributed by atoms with Gasteiger partial charge >= 0.3 is 18.1 Å². The third-order valence-corrected chi connectivity index (χ3v) is 6.54. The van der Waals surface area contributed by atoms with E-state index in [9.17, 15) is 45.5 Å². The number of rotatable bonds is 9. The number of nitrogens with two attached hydrogens (primary N) is 2. The van der Waals surface area contributed by atoms with E-state index in [2.05, 4.69) is 25.5 Å². The minimum atomic E-state index is -5.53. The minimum Gasteiger partial charge on any atom is -0.386 e. The van der Waals surface area contributed by atoms with Gasteiger partial charge in [-0.25, -0.2) is 23.0 Å². The zero-order valence-electron chi connectivity index (χ0n) is 22.3. The van der Waals surface area contributed by atoms with Crippen LogP contribution in [0.15, 0.2) is 47.6 Å². The highest BCUT2D eigenvalue weighted by atomic mass is 19.4. The lowest BCUT2D eigenvalue weighted by Gasteiger charge is -2.26. The first-order valence-electron chi connectivity index (χ1n) is 12.6. The predicted molar refractivity (Wildman–Crippen MR) is 141 cm³/mol. The summed E-state index contributed by atoms with van der Waals surface area (Å²) >= 11 is 0. The van der Waals surface area contributed by atoms with Crippen LogP contribution < -0.4 is 22.1 Å². The first-order valence-corrected chi connectivity index (χ1v) is 12.6. The fraction of sp³-hybridized carbons (Fsp3) is 0.308. The Hall–Kier alpha value is -5.16. The van der Waals surface area contributed by atoms with E-state index in [0.29, 0.717) is 0 Å². The number of benzene rings is 2. The van der Waals surface area contributed by atoms with Crippen molar-refractivity contribution in [1.29, 1.82) is 0 Å². The van der Waals surface area contributed by atoms with Crippen LogP contribution in [0.1, 0.15) is 46.3 Å². The molecule has 12 nitrogen and oxygen atoms in total. The van der Waals surface area contributed by atoms with Gasteiger partial charge in [0.2, 0.25) is 11.8 Å². The standard InChI is InChI=1S/C26H23F6N7O5/c27-14-8-35-25(36-9-14)38-17-5-13(22(33)41)6-18-16(17)10-37-39(18)20(23(34)42)15(7-19(40)44-24(43)26(30,31)32)11-2-1-3-12(4-11)21(28)29/h1-6,10,14-15,20-21H,7-9H2,(H2,33,41)(H2,34,42)(H2,35,36,38)/t15-,20?/m0/s1. The van der Waals surface area contributed by atoms with E-state index in [1.807, 2.05) is 0 Å². The van der Waals surface area contributed by atoms with Crippen molar-refractivity contribution in [3.05, 3.63) is 59.3 Å². The van der Waals surface area contributed by atoms with E-state index in [-0.39, 0.29) is 46.8 Å². The van der Waals surface area contributed by atoms with Crippen LogP contribution in [0.3, 0.4) is 0 Å². The number of carbonyl (C=O) groups excluding carboxylic acids is 4. The maximum Gasteiger partial charge on any atom is 0.491 e. The largest absolute Gasteiger partial charge is 0.491 e. The summed E-state index contributed by atoms with van der Waals surface area (Å²) in [6.07, 6.45) is -9.69. The van der Waals surface area contributed by atoms with Gasteiger partial charge in [0.15, 0.2) is 5.96 Å². The Bertz CT molecular complexity index is 1640. The molecular formula is C26H23F6N7O5. The molecule has 44 heavy (non-hydrogen) atoms. The van der Waals surface area contributed by atoms with Crippen LogP contribution in [-0.4, -0.2) is 64.9 Å². The third kappa shape index (κ3) is 7.07. The zero-order chi connectivity index (χ0) is 32.3. The van der Waals surface area contributed by atoms with E-state index in [1.165, 1.54) is 24.4 Å². The molecule has 4 rings (SSSR count). The van der Waals surface area contributed by atoms with E-state index < -0.39 is 66.5 Å². The summed E-state index contributed by atoms with van der Waals surface area (Å²) < 4.78 is 83.7. The first-order chi connectivity index (χ1) is 20.6. The van der Waals surface area contributed by atoms with Gasteiger partial charge < -0.3 is 26.8 Å². The normalized spacial score (nSPS) is 16.5. The van der Waals surface area contributed by atoms with Gasteiger partial charge in [-0.05, 0) is 23.8 Å². The number of carbonyl (C=O) groups is 4. The Labute approximate surface area is 243 Å². The highest BCUT2D eigenvalue weighted by molar-refractivity contribution is 6.07. The molecule has 0 bridgehead atoms. The van der Waals surface area contributed by atoms with Gasteiger partial charge in [-0.1, -0.05) is 18.2 Å². The Morgan fingerprint density at radius 1 is 1.11 bits per heavy atom. The summed E-state index contributed by atoms with van der Waals surface area (Å²) in [7, 11) is 0. The molecule has 0 saturated heterocycles. The number of aliphatic imine (C=N–C) groups is 1. The molecule has 0 aliphatic carbocycles. The van der Waals surface area contributed by atoms with Crippen LogP contribution >= 0.6 is 0 Å². The molecule has 18 heteroatoms. The quantitative estimate of drug-likeness (QED) is 0.159. The highest BCUT2D eigenvalue weighted by Crippen LogP contribution is 2.37. The van der Waals surface area contributed by atoms with Gasteiger partial charge in [-0.3, -0.25) is 19.1 Å². The second-order valence-corrected chi connectivity index (χ2v) is 9.59. The van der Waals surface area contributed by atoms with Crippen molar-refractivity contribution in [2.24, 2.45) is 16.5 Å². The molecule has 0 spiro atoms. The number of anilines is 1. The molecule has 234 valence electrons. The van der Waals surface area contributed by atoms with Gasteiger partial charge in [-0.2, -0.15) is 18.3 Å². The molecule has 1 aromatic heterocycles. The Balaban J connectivity index is 1.85. The molecule has 2 unspecified atom stereocenters. The Kier molecular flexibility index (Phi) is 9.10. The highest BCUT2D eigenvalue weighted by Gasteiger charge is 2.43. The molecule has 2 aromatic carbocycles. The van der Waals surface area contributed by atoms with Gasteiger partial charge in [0.25, 0.3) is 6.43 Å². The molecule has 2 amide bonds. The number of hydrogen-bond acceptors (Lipinski definition) is 9. The number of hydrogen-bond donors (Lipinski definition) is 4. The molecule has 6 N–H and O–H groups in total. The molecule has 3 aromatic rings. The van der Waals surface area contributed by atoms with Gasteiger partial charge in [0, 0.05) is 22.4 Å². The topological polar surface area (TPSA) is 184 Å². The van der Waals surface area contributed by atoms with Crippen LogP contribution in [0.25, 0.3) is 10.9 Å². The SMILES string of the molecule is NC(=O)c1cc(NC2=NCC(F)CN2)c2cnn(C(C(N)=O)[C@@H](CC(=O)OC(=O)C(F)(F)F)c3cccc(C(F)F)c3)c2c1. The number of guanidine groups is 1. The molecule has 0 fully saturated rings. The molecular weight excluding hydrogens is 604 g/mol. The lowest BCUT2D eigenvalue weighted by molar-refractivity contribution is -0.202. The molecule has 0 radical (unpaired) electrons. The summed E-state index contributed by atoms with van der Waals surface area (Å²) in [4.78, 5) is 52.9. The number of nitrogens with zero attached hydrogens (tertiary/aromatic N) is 3. The molecule has 3 atom stereocenters. The van der Waals surface area contributed by atoms with Crippen LogP contribution in [0.5, 0.6) is 0 Å². The van der Waals surface area contributed by atoms with Crippen molar-refractivity contribution in [1.82, 2.24) is 15.1 Å². The number of amides is 2. The summed E-state index contributed by atoms with van der Waals surface area (Å²) in [5.41, 5.74) is 10.5. The van der Waals surface area contributed by atoms with Gasteiger partial charge in [0.05, 0.1) is 36.9 Å². The van der Waals surface area contributed by atoms with Crippen molar-refractivity contribution in [2.45, 2.75) is 37.2 Å². The van der Waals surface area contributed by atoms with E-state index in [4.69, 9.17) is 11.5 Å². The van der Waals surface area contributed by atoms with Gasteiger partial charge in [0.1, 0.15) is 12.2 Å². The fourth-order valence-electron chi connectivity index (χ4n) is 4.55. The monoisotopic (exact) mass is 627 g/mol. The molecule has 1 aliphatic heterocycles. The maximum atomic E-state index is 13.5. The van der Waals surface area contributed by atoms with Crippen molar-refractivity contribution in [3.63, 3.8) is 0 Å². The Morgan fingerprint density at radius 3 is 2.41 bits per heavy atom.